The molecule has 3 aromatic heterocycles. The van der Waals surface area contributed by atoms with Crippen LogP contribution in [0.25, 0.3) is 16.6 Å². The van der Waals surface area contributed by atoms with E-state index in [9.17, 15) is 9.59 Å². The molecule has 3 aromatic rings. The molecule has 4 heterocycles. The lowest BCUT2D eigenvalue weighted by atomic mass is 9.89. The van der Waals surface area contributed by atoms with Crippen LogP contribution in [-0.4, -0.2) is 51.3 Å². The monoisotopic (exact) mass is 435 g/mol. The zero-order chi connectivity index (χ0) is 21.5. The van der Waals surface area contributed by atoms with Crippen molar-refractivity contribution in [3.05, 3.63) is 59.0 Å². The standard InChI is InChI=1S/C23H22ClN5O2/c1-14-12-28(23(31)15-2-5-20(24)26-11-15)9-7-17(14)19-10-21(29(13-30)16-3-4-16)27-22-18(19)6-8-25-22/h2,5-8,10-11,13-14,16H,3-4,9,12H2,1H3,(H,25,27). The highest BCUT2D eigenvalue weighted by Crippen LogP contribution is 2.36. The van der Waals surface area contributed by atoms with Gasteiger partial charge in [0.1, 0.15) is 16.6 Å². The van der Waals surface area contributed by atoms with E-state index < -0.39 is 0 Å². The van der Waals surface area contributed by atoms with Gasteiger partial charge in [0.25, 0.3) is 5.91 Å². The first kappa shape index (κ1) is 19.8. The summed E-state index contributed by atoms with van der Waals surface area (Å²) in [4.78, 5) is 40.0. The SMILES string of the molecule is CC1CN(C(=O)c2ccc(Cl)nc2)CC=C1c1cc(N(C=O)C2CC2)nc2[nH]ccc12. The molecule has 1 aliphatic carbocycles. The predicted molar refractivity (Wildman–Crippen MR) is 120 cm³/mol. The van der Waals surface area contributed by atoms with E-state index in [-0.39, 0.29) is 17.9 Å². The maximum absolute atomic E-state index is 12.9. The molecule has 0 bridgehead atoms. The van der Waals surface area contributed by atoms with Gasteiger partial charge in [-0.15, -0.1) is 0 Å². The van der Waals surface area contributed by atoms with E-state index in [4.69, 9.17) is 11.6 Å². The minimum absolute atomic E-state index is 0.0608. The Labute approximate surface area is 184 Å². The number of hydrogen-bond donors (Lipinski definition) is 1. The van der Waals surface area contributed by atoms with Crippen molar-refractivity contribution >= 4 is 46.3 Å². The van der Waals surface area contributed by atoms with E-state index in [1.54, 1.807) is 17.0 Å². The Morgan fingerprint density at radius 1 is 1.32 bits per heavy atom. The first-order valence-corrected chi connectivity index (χ1v) is 10.8. The Bertz CT molecular complexity index is 1180. The van der Waals surface area contributed by atoms with Gasteiger partial charge < -0.3 is 9.88 Å². The fraction of sp³-hybridized carbons (Fsp3) is 0.304. The maximum Gasteiger partial charge on any atom is 0.255 e. The van der Waals surface area contributed by atoms with E-state index in [0.29, 0.717) is 29.6 Å². The van der Waals surface area contributed by atoms with Crippen LogP contribution in [0.15, 0.2) is 42.7 Å². The smallest absolute Gasteiger partial charge is 0.255 e. The molecule has 1 N–H and O–H groups in total. The topological polar surface area (TPSA) is 82.2 Å². The molecule has 0 spiro atoms. The van der Waals surface area contributed by atoms with Gasteiger partial charge >= 0.3 is 0 Å². The number of pyridine rings is 2. The third kappa shape index (κ3) is 3.70. The number of hydrogen-bond acceptors (Lipinski definition) is 4. The molecule has 31 heavy (non-hydrogen) atoms. The van der Waals surface area contributed by atoms with Crippen LogP contribution in [0, 0.1) is 5.92 Å². The number of nitrogens with zero attached hydrogens (tertiary/aromatic N) is 4. The lowest BCUT2D eigenvalue weighted by Crippen LogP contribution is -2.38. The van der Waals surface area contributed by atoms with Crippen LogP contribution >= 0.6 is 11.6 Å². The molecule has 0 saturated heterocycles. The molecule has 1 saturated carbocycles. The molecular formula is C23H22ClN5O2. The van der Waals surface area contributed by atoms with Gasteiger partial charge in [0.2, 0.25) is 6.41 Å². The Hall–Kier alpha value is -3.19. The van der Waals surface area contributed by atoms with Crippen LogP contribution in [0.5, 0.6) is 0 Å². The third-order valence-corrected chi connectivity index (χ3v) is 6.19. The zero-order valence-corrected chi connectivity index (χ0v) is 17.8. The van der Waals surface area contributed by atoms with Crippen molar-refractivity contribution in [3.63, 3.8) is 0 Å². The molecule has 8 heteroatoms. The summed E-state index contributed by atoms with van der Waals surface area (Å²) in [6.45, 7) is 3.21. The van der Waals surface area contributed by atoms with Gasteiger partial charge in [-0.25, -0.2) is 9.97 Å². The van der Waals surface area contributed by atoms with E-state index in [2.05, 4.69) is 28.0 Å². The molecule has 5 rings (SSSR count). The molecule has 7 nitrogen and oxygen atoms in total. The first-order chi connectivity index (χ1) is 15.0. The second-order valence-corrected chi connectivity index (χ2v) is 8.54. The molecular weight excluding hydrogens is 414 g/mol. The molecule has 0 radical (unpaired) electrons. The van der Waals surface area contributed by atoms with Crippen LogP contribution in [0.3, 0.4) is 0 Å². The van der Waals surface area contributed by atoms with Crippen molar-refractivity contribution in [2.75, 3.05) is 18.0 Å². The lowest BCUT2D eigenvalue weighted by Gasteiger charge is -2.32. The summed E-state index contributed by atoms with van der Waals surface area (Å²) < 4.78 is 0. The molecule has 0 aromatic carbocycles. The summed E-state index contributed by atoms with van der Waals surface area (Å²) in [5.41, 5.74) is 3.51. The molecule has 158 valence electrons. The van der Waals surface area contributed by atoms with Crippen molar-refractivity contribution in [3.8, 4) is 0 Å². The number of rotatable bonds is 5. The number of anilines is 1. The summed E-state index contributed by atoms with van der Waals surface area (Å²) in [6.07, 6.45) is 8.37. The summed E-state index contributed by atoms with van der Waals surface area (Å²) >= 11 is 5.84. The van der Waals surface area contributed by atoms with Gasteiger partial charge in [-0.2, -0.15) is 0 Å². The second kappa shape index (κ2) is 7.81. The fourth-order valence-electron chi connectivity index (χ4n) is 4.21. The van der Waals surface area contributed by atoms with Crippen molar-refractivity contribution in [2.45, 2.75) is 25.8 Å². The van der Waals surface area contributed by atoms with Crippen molar-refractivity contribution < 1.29 is 9.59 Å². The van der Waals surface area contributed by atoms with Crippen LogP contribution in [0.1, 0.15) is 35.7 Å². The minimum atomic E-state index is -0.0608. The van der Waals surface area contributed by atoms with E-state index in [1.165, 1.54) is 6.20 Å². The number of carbonyl (C=O) groups is 2. The average Bonchev–Trinajstić information content (AvgIpc) is 3.49. The highest BCUT2D eigenvalue weighted by molar-refractivity contribution is 6.29. The van der Waals surface area contributed by atoms with Crippen molar-refractivity contribution in [1.82, 2.24) is 19.9 Å². The van der Waals surface area contributed by atoms with Gasteiger partial charge in [0, 0.05) is 36.9 Å². The van der Waals surface area contributed by atoms with Gasteiger partial charge in [-0.3, -0.25) is 14.5 Å². The van der Waals surface area contributed by atoms with Crippen molar-refractivity contribution in [2.24, 2.45) is 5.92 Å². The van der Waals surface area contributed by atoms with Crippen LogP contribution in [0.2, 0.25) is 5.15 Å². The van der Waals surface area contributed by atoms with Crippen LogP contribution < -0.4 is 4.90 Å². The molecule has 1 fully saturated rings. The molecule has 2 amide bonds. The molecule has 1 atom stereocenters. The number of aromatic amines is 1. The molecule has 2 aliphatic rings. The first-order valence-electron chi connectivity index (χ1n) is 10.4. The summed E-state index contributed by atoms with van der Waals surface area (Å²) in [7, 11) is 0. The Morgan fingerprint density at radius 2 is 2.16 bits per heavy atom. The quantitative estimate of drug-likeness (QED) is 0.486. The van der Waals surface area contributed by atoms with Gasteiger partial charge in [0.05, 0.1) is 5.56 Å². The predicted octanol–water partition coefficient (Wildman–Crippen LogP) is 3.91. The average molecular weight is 436 g/mol. The number of carbonyl (C=O) groups excluding carboxylic acids is 2. The number of halogens is 1. The third-order valence-electron chi connectivity index (χ3n) is 5.96. The summed E-state index contributed by atoms with van der Waals surface area (Å²) in [5, 5.41) is 1.38. The highest BCUT2D eigenvalue weighted by Gasteiger charge is 2.31. The lowest BCUT2D eigenvalue weighted by molar-refractivity contribution is -0.107. The zero-order valence-electron chi connectivity index (χ0n) is 17.1. The van der Waals surface area contributed by atoms with Gasteiger partial charge in [-0.1, -0.05) is 24.6 Å². The van der Waals surface area contributed by atoms with E-state index in [1.807, 2.05) is 23.2 Å². The summed E-state index contributed by atoms with van der Waals surface area (Å²) in [6, 6.07) is 7.58. The number of fused-ring (bicyclic) bond motifs is 1. The minimum Gasteiger partial charge on any atom is -0.346 e. The van der Waals surface area contributed by atoms with Crippen molar-refractivity contribution in [1.29, 1.82) is 0 Å². The van der Waals surface area contributed by atoms with E-state index >= 15 is 0 Å². The highest BCUT2D eigenvalue weighted by atomic mass is 35.5. The number of amides is 2. The molecule has 1 unspecified atom stereocenters. The second-order valence-electron chi connectivity index (χ2n) is 8.15. The number of aromatic nitrogens is 3. The van der Waals surface area contributed by atoms with Crippen LogP contribution in [-0.2, 0) is 4.79 Å². The molecule has 1 aliphatic heterocycles. The number of nitrogens with one attached hydrogen (secondary N) is 1. The Morgan fingerprint density at radius 3 is 2.84 bits per heavy atom. The Balaban J connectivity index is 1.47. The fourth-order valence-corrected chi connectivity index (χ4v) is 4.33. The van der Waals surface area contributed by atoms with E-state index in [0.717, 1.165) is 41.4 Å². The van der Waals surface area contributed by atoms with Crippen LogP contribution in [0.4, 0.5) is 5.82 Å². The summed E-state index contributed by atoms with van der Waals surface area (Å²) in [5.74, 6) is 0.729. The maximum atomic E-state index is 12.9. The largest absolute Gasteiger partial charge is 0.346 e. The van der Waals surface area contributed by atoms with Gasteiger partial charge in [0.15, 0.2) is 0 Å². The number of H-pyrrole nitrogens is 1. The normalized spacial score (nSPS) is 18.7. The van der Waals surface area contributed by atoms with Gasteiger partial charge in [-0.05, 0) is 54.2 Å². The Kier molecular flexibility index (Phi) is 4.98.